The van der Waals surface area contributed by atoms with E-state index in [4.69, 9.17) is 18.8 Å². The summed E-state index contributed by atoms with van der Waals surface area (Å²) in [5.74, 6) is -4.03. The number of rotatable bonds is 12. The molecule has 0 radical (unpaired) electrons. The van der Waals surface area contributed by atoms with Crippen molar-refractivity contribution in [1.82, 2.24) is 0 Å². The number of hydrogen-bond donors (Lipinski definition) is 1. The second-order valence-electron chi connectivity index (χ2n) is 5.84. The zero-order valence-electron chi connectivity index (χ0n) is 17.7. The third kappa shape index (κ3) is 9.29. The summed E-state index contributed by atoms with van der Waals surface area (Å²) in [7, 11) is -4.60. The third-order valence-electron chi connectivity index (χ3n) is 4.03. The van der Waals surface area contributed by atoms with E-state index in [-0.39, 0.29) is 59.2 Å². The number of carbonyl (C=O) groups is 3. The average Bonchev–Trinajstić information content (AvgIpc) is 2.59. The van der Waals surface area contributed by atoms with E-state index in [0.29, 0.717) is 12.8 Å². The molecule has 2 unspecified atom stereocenters. The standard InChI is InChI=1S/C17H26O9S.K.H/c1-6-9-10-17(12(4)25-14(18)7-2,13(5)26-15(19)8-3)16(20)24-11-27(21,22)23;;/h7-8,12-13H,2-3,6,9-11H2,1,4-5H3,(H,21,22,23);;/q;+1;-1. The van der Waals surface area contributed by atoms with Gasteiger partial charge in [-0.1, -0.05) is 32.9 Å². The maximum atomic E-state index is 12.8. The molecule has 0 saturated heterocycles. The molecule has 0 bridgehead atoms. The molecule has 0 aromatic carbocycles. The third-order valence-corrected chi connectivity index (χ3v) is 4.45. The van der Waals surface area contributed by atoms with Gasteiger partial charge in [0, 0.05) is 12.2 Å². The summed E-state index contributed by atoms with van der Waals surface area (Å²) in [6, 6.07) is 0. The van der Waals surface area contributed by atoms with E-state index in [1.54, 1.807) is 0 Å². The molecule has 0 spiro atoms. The Labute approximate surface area is 209 Å². The van der Waals surface area contributed by atoms with Crippen LogP contribution in [0.3, 0.4) is 0 Å². The van der Waals surface area contributed by atoms with E-state index in [1.807, 2.05) is 6.92 Å². The van der Waals surface area contributed by atoms with E-state index >= 15 is 0 Å². The summed E-state index contributed by atoms with van der Waals surface area (Å²) in [5.41, 5.74) is -1.71. The normalized spacial score (nSPS) is 15.0. The number of esters is 3. The molecule has 0 saturated carbocycles. The van der Waals surface area contributed by atoms with Gasteiger partial charge in [0.15, 0.2) is 0 Å². The molecule has 0 aliphatic heterocycles. The van der Waals surface area contributed by atoms with Crippen molar-refractivity contribution in [2.24, 2.45) is 5.41 Å². The summed E-state index contributed by atoms with van der Waals surface area (Å²) >= 11 is 0. The predicted molar refractivity (Wildman–Crippen MR) is 97.1 cm³/mol. The Bertz CT molecular complexity index is 650. The summed E-state index contributed by atoms with van der Waals surface area (Å²) in [6.07, 6.45) is 0.623. The van der Waals surface area contributed by atoms with Crippen molar-refractivity contribution in [3.63, 3.8) is 0 Å². The Hall–Kier alpha value is -0.564. The van der Waals surface area contributed by atoms with Crippen molar-refractivity contribution in [2.45, 2.75) is 52.2 Å². The topological polar surface area (TPSA) is 133 Å². The maximum Gasteiger partial charge on any atom is 1.00 e. The Morgan fingerprint density at radius 2 is 1.54 bits per heavy atom. The van der Waals surface area contributed by atoms with Gasteiger partial charge in [-0.25, -0.2) is 9.59 Å². The zero-order chi connectivity index (χ0) is 21.3. The van der Waals surface area contributed by atoms with E-state index in [9.17, 15) is 22.8 Å². The fourth-order valence-electron chi connectivity index (χ4n) is 2.56. The van der Waals surface area contributed by atoms with Crippen LogP contribution in [-0.4, -0.2) is 49.0 Å². The van der Waals surface area contributed by atoms with Crippen LogP contribution in [0.5, 0.6) is 0 Å². The van der Waals surface area contributed by atoms with Crippen LogP contribution in [0.1, 0.15) is 41.5 Å². The Kier molecular flexibility index (Phi) is 14.4. The number of carbonyl (C=O) groups excluding carboxylic acids is 3. The molecule has 1 N–H and O–H groups in total. The molecule has 11 heteroatoms. The molecule has 0 aliphatic carbocycles. The molecule has 0 aromatic rings. The molecule has 0 heterocycles. The fourth-order valence-corrected chi connectivity index (χ4v) is 2.81. The van der Waals surface area contributed by atoms with E-state index in [0.717, 1.165) is 12.2 Å². The van der Waals surface area contributed by atoms with Crippen LogP contribution in [0.15, 0.2) is 25.3 Å². The van der Waals surface area contributed by atoms with Crippen LogP contribution in [0.4, 0.5) is 0 Å². The first-order valence-electron chi connectivity index (χ1n) is 8.23. The van der Waals surface area contributed by atoms with E-state index in [1.165, 1.54) is 13.8 Å². The summed E-state index contributed by atoms with van der Waals surface area (Å²) in [4.78, 5) is 36.1. The van der Waals surface area contributed by atoms with Crippen molar-refractivity contribution in [3.05, 3.63) is 25.3 Å². The SMILES string of the molecule is C=CC(=O)OC(C)C(CCCC)(C(=O)OCS(=O)(=O)O)C(C)OC(=O)C=C.[H-].[K+]. The van der Waals surface area contributed by atoms with Gasteiger partial charge >= 0.3 is 79.4 Å². The fraction of sp³-hybridized carbons (Fsp3) is 0.588. The number of unbranched alkanes of at least 4 members (excludes halogenated alkanes) is 1. The summed E-state index contributed by atoms with van der Waals surface area (Å²) < 4.78 is 45.8. The minimum absolute atomic E-state index is 0. The van der Waals surface area contributed by atoms with Crippen LogP contribution >= 0.6 is 0 Å². The van der Waals surface area contributed by atoms with Crippen LogP contribution in [0.2, 0.25) is 0 Å². The minimum atomic E-state index is -4.60. The molecule has 0 aromatic heterocycles. The van der Waals surface area contributed by atoms with Gasteiger partial charge in [0.05, 0.1) is 0 Å². The maximum absolute atomic E-state index is 12.8. The van der Waals surface area contributed by atoms with Crippen molar-refractivity contribution < 1.29 is 94.4 Å². The van der Waals surface area contributed by atoms with Crippen molar-refractivity contribution in [2.75, 3.05) is 5.94 Å². The van der Waals surface area contributed by atoms with E-state index < -0.39 is 51.6 Å². The van der Waals surface area contributed by atoms with Gasteiger partial charge in [-0.05, 0) is 20.3 Å². The van der Waals surface area contributed by atoms with Gasteiger partial charge in [-0.3, -0.25) is 9.35 Å². The van der Waals surface area contributed by atoms with Gasteiger partial charge < -0.3 is 15.6 Å². The van der Waals surface area contributed by atoms with Crippen molar-refractivity contribution in [3.8, 4) is 0 Å². The Morgan fingerprint density at radius 3 is 1.86 bits per heavy atom. The second kappa shape index (κ2) is 13.6. The van der Waals surface area contributed by atoms with Gasteiger partial charge in [-0.2, -0.15) is 8.42 Å². The predicted octanol–water partition coefficient (Wildman–Crippen LogP) is -1.10. The quantitative estimate of drug-likeness (QED) is 0.130. The molecular weight excluding hydrogens is 419 g/mol. The molecule has 0 rings (SSSR count). The minimum Gasteiger partial charge on any atom is -1.00 e. The summed E-state index contributed by atoms with van der Waals surface area (Å²) in [5, 5.41) is 0. The smallest absolute Gasteiger partial charge is 1.00 e. The summed E-state index contributed by atoms with van der Waals surface area (Å²) in [6.45, 7) is 11.2. The Morgan fingerprint density at radius 1 is 1.11 bits per heavy atom. The zero-order valence-corrected chi connectivity index (χ0v) is 20.6. The molecular formula is C17H27KO9S. The van der Waals surface area contributed by atoms with Crippen LogP contribution in [0.25, 0.3) is 0 Å². The van der Waals surface area contributed by atoms with Crippen LogP contribution in [-0.2, 0) is 38.7 Å². The van der Waals surface area contributed by atoms with Gasteiger partial charge in [-0.15, -0.1) is 0 Å². The van der Waals surface area contributed by atoms with Crippen LogP contribution < -0.4 is 51.4 Å². The molecule has 0 amide bonds. The number of ether oxygens (including phenoxy) is 3. The molecule has 156 valence electrons. The molecule has 28 heavy (non-hydrogen) atoms. The van der Waals surface area contributed by atoms with Crippen LogP contribution in [0, 0.1) is 5.41 Å². The Balaban J connectivity index is -0.00000338. The monoisotopic (exact) mass is 446 g/mol. The second-order valence-corrected chi connectivity index (χ2v) is 7.24. The van der Waals surface area contributed by atoms with Crippen molar-refractivity contribution >= 4 is 28.0 Å². The first kappa shape index (κ1) is 29.6. The molecule has 0 aliphatic rings. The molecule has 0 fully saturated rings. The first-order valence-corrected chi connectivity index (χ1v) is 9.84. The van der Waals surface area contributed by atoms with Gasteiger partial charge in [0.2, 0.25) is 5.94 Å². The first-order chi connectivity index (χ1) is 12.4. The van der Waals surface area contributed by atoms with Gasteiger partial charge in [0.25, 0.3) is 0 Å². The number of hydrogen-bond acceptors (Lipinski definition) is 8. The van der Waals surface area contributed by atoms with Gasteiger partial charge in [0.1, 0.15) is 17.6 Å². The molecule has 2 atom stereocenters. The average molecular weight is 447 g/mol. The van der Waals surface area contributed by atoms with Crippen molar-refractivity contribution in [1.29, 1.82) is 0 Å². The van der Waals surface area contributed by atoms with E-state index in [2.05, 4.69) is 13.2 Å². The largest absolute Gasteiger partial charge is 1.00 e. The molecule has 9 nitrogen and oxygen atoms in total.